The molecule has 2 aliphatic carbocycles. The molecule has 0 N–H and O–H groups in total. The van der Waals surface area contributed by atoms with E-state index >= 15 is 0 Å². The number of fused-ring (bicyclic) bond motifs is 2. The van der Waals surface area contributed by atoms with Gasteiger partial charge < -0.3 is 4.74 Å². The Bertz CT molecular complexity index is 478. The molecule has 0 radical (unpaired) electrons. The molecule has 3 unspecified atom stereocenters. The van der Waals surface area contributed by atoms with Crippen LogP contribution < -0.4 is 0 Å². The molecule has 2 fully saturated rings. The fourth-order valence-corrected chi connectivity index (χ4v) is 6.38. The Morgan fingerprint density at radius 2 is 1.23 bits per heavy atom. The Morgan fingerprint density at radius 1 is 0.767 bits per heavy atom. The van der Waals surface area contributed by atoms with E-state index in [2.05, 4.69) is 27.7 Å². The van der Waals surface area contributed by atoms with Gasteiger partial charge in [-0.2, -0.15) is 0 Å². The van der Waals surface area contributed by atoms with Crippen molar-refractivity contribution >= 4 is 5.97 Å². The molecule has 2 aliphatic rings. The molecule has 30 heavy (non-hydrogen) atoms. The van der Waals surface area contributed by atoms with Crippen molar-refractivity contribution in [3.63, 3.8) is 0 Å². The van der Waals surface area contributed by atoms with E-state index in [-0.39, 0.29) is 22.9 Å². The molecular weight excluding hydrogens is 368 g/mol. The lowest BCUT2D eigenvalue weighted by atomic mass is 9.70. The third-order valence-electron chi connectivity index (χ3n) is 8.37. The summed E-state index contributed by atoms with van der Waals surface area (Å²) >= 11 is 0. The highest BCUT2D eigenvalue weighted by Gasteiger charge is 2.61. The van der Waals surface area contributed by atoms with Crippen molar-refractivity contribution in [3.8, 4) is 0 Å². The highest BCUT2D eigenvalue weighted by atomic mass is 16.5. The van der Waals surface area contributed by atoms with Crippen molar-refractivity contribution in [2.24, 2.45) is 16.7 Å². The molecule has 2 saturated carbocycles. The largest absolute Gasteiger partial charge is 0.461 e. The van der Waals surface area contributed by atoms with Crippen LogP contribution in [-0.2, 0) is 9.53 Å². The average molecular weight is 421 g/mol. The van der Waals surface area contributed by atoms with Crippen LogP contribution in [0.15, 0.2) is 0 Å². The van der Waals surface area contributed by atoms with Gasteiger partial charge in [0.05, 0.1) is 0 Å². The first-order valence-corrected chi connectivity index (χ1v) is 13.6. The third kappa shape index (κ3) is 7.86. The quantitative estimate of drug-likeness (QED) is 0.173. The molecule has 0 aromatic heterocycles. The molecule has 2 bridgehead atoms. The molecule has 0 heterocycles. The van der Waals surface area contributed by atoms with Gasteiger partial charge in [-0.15, -0.1) is 0 Å². The first-order valence-electron chi connectivity index (χ1n) is 13.6. The van der Waals surface area contributed by atoms with Crippen LogP contribution in [0.2, 0.25) is 0 Å². The maximum atomic E-state index is 12.4. The SMILES string of the molecule is CCCCCCCCCCCCCCCCCC(=O)OC1C2(C)CCC(C2)C1(C)C. The first-order chi connectivity index (χ1) is 14.4. The minimum absolute atomic E-state index is 0.0524. The molecular formula is C28H52O2. The van der Waals surface area contributed by atoms with E-state index in [1.54, 1.807) is 0 Å². The normalized spacial score (nSPS) is 26.9. The highest BCUT2D eigenvalue weighted by Crippen LogP contribution is 2.63. The van der Waals surface area contributed by atoms with Gasteiger partial charge in [0, 0.05) is 17.3 Å². The Labute approximate surface area is 188 Å². The van der Waals surface area contributed by atoms with Gasteiger partial charge in [0.25, 0.3) is 0 Å². The van der Waals surface area contributed by atoms with Crippen molar-refractivity contribution in [2.75, 3.05) is 0 Å². The number of hydrogen-bond donors (Lipinski definition) is 0. The molecule has 0 aromatic rings. The molecule has 2 nitrogen and oxygen atoms in total. The second-order valence-corrected chi connectivity index (χ2v) is 11.5. The summed E-state index contributed by atoms with van der Waals surface area (Å²) in [5.41, 5.74) is 0.399. The zero-order valence-corrected chi connectivity index (χ0v) is 20.9. The Balaban J connectivity index is 1.39. The molecule has 3 atom stereocenters. The number of ether oxygens (including phenoxy) is 1. The lowest BCUT2D eigenvalue weighted by Crippen LogP contribution is -2.43. The van der Waals surface area contributed by atoms with E-state index in [1.165, 1.54) is 109 Å². The molecule has 0 aliphatic heterocycles. The monoisotopic (exact) mass is 420 g/mol. The number of carbonyl (C=O) groups excluding carboxylic acids is 1. The fourth-order valence-electron chi connectivity index (χ4n) is 6.38. The van der Waals surface area contributed by atoms with Gasteiger partial charge in [-0.1, -0.05) is 118 Å². The second kappa shape index (κ2) is 13.1. The molecule has 0 spiro atoms. The molecule has 176 valence electrons. The summed E-state index contributed by atoms with van der Waals surface area (Å²) in [5.74, 6) is 0.794. The maximum absolute atomic E-state index is 12.4. The van der Waals surface area contributed by atoms with Gasteiger partial charge in [0.2, 0.25) is 0 Å². The summed E-state index contributed by atoms with van der Waals surface area (Å²) in [4.78, 5) is 12.4. The predicted molar refractivity (Wildman–Crippen MR) is 129 cm³/mol. The number of carbonyl (C=O) groups is 1. The van der Waals surface area contributed by atoms with Crippen LogP contribution in [0.25, 0.3) is 0 Å². The third-order valence-corrected chi connectivity index (χ3v) is 8.37. The Kier molecular flexibility index (Phi) is 11.2. The van der Waals surface area contributed by atoms with E-state index in [0.717, 1.165) is 12.3 Å². The number of unbranched alkanes of at least 4 members (excludes halogenated alkanes) is 14. The summed E-state index contributed by atoms with van der Waals surface area (Å²) in [6.45, 7) is 9.25. The van der Waals surface area contributed by atoms with Crippen molar-refractivity contribution in [2.45, 2.75) is 156 Å². The fraction of sp³-hybridized carbons (Fsp3) is 0.964. The lowest BCUT2D eigenvalue weighted by molar-refractivity contribution is -0.164. The van der Waals surface area contributed by atoms with Crippen molar-refractivity contribution in [3.05, 3.63) is 0 Å². The van der Waals surface area contributed by atoms with Gasteiger partial charge >= 0.3 is 5.97 Å². The second-order valence-electron chi connectivity index (χ2n) is 11.5. The van der Waals surface area contributed by atoms with Crippen LogP contribution in [0.1, 0.15) is 150 Å². The van der Waals surface area contributed by atoms with E-state index in [4.69, 9.17) is 4.74 Å². The molecule has 0 amide bonds. The van der Waals surface area contributed by atoms with Crippen LogP contribution >= 0.6 is 0 Å². The van der Waals surface area contributed by atoms with Crippen molar-refractivity contribution < 1.29 is 9.53 Å². The maximum Gasteiger partial charge on any atom is 0.306 e. The van der Waals surface area contributed by atoms with Crippen LogP contribution in [0, 0.1) is 16.7 Å². The van der Waals surface area contributed by atoms with Crippen LogP contribution in [0.4, 0.5) is 0 Å². The predicted octanol–water partition coefficient (Wildman–Crippen LogP) is 9.01. The Hall–Kier alpha value is -0.530. The van der Waals surface area contributed by atoms with Crippen molar-refractivity contribution in [1.82, 2.24) is 0 Å². The van der Waals surface area contributed by atoms with E-state index in [0.29, 0.717) is 6.42 Å². The van der Waals surface area contributed by atoms with Crippen LogP contribution in [0.5, 0.6) is 0 Å². The first kappa shape index (κ1) is 25.7. The van der Waals surface area contributed by atoms with E-state index < -0.39 is 0 Å². The topological polar surface area (TPSA) is 26.3 Å². The standard InChI is InChI=1S/C28H52O2/c1-5-6-7-8-9-10-11-12-13-14-15-16-17-18-19-20-25(29)30-26-27(2,3)24-21-22-28(26,4)23-24/h24,26H,5-23H2,1-4H3. The summed E-state index contributed by atoms with van der Waals surface area (Å²) in [5, 5.41) is 0. The number of hydrogen-bond acceptors (Lipinski definition) is 2. The van der Waals surface area contributed by atoms with Gasteiger partial charge in [0.1, 0.15) is 6.10 Å². The molecule has 0 saturated heterocycles. The summed E-state index contributed by atoms with van der Waals surface area (Å²) in [6.07, 6.45) is 24.9. The minimum Gasteiger partial charge on any atom is -0.461 e. The zero-order chi connectivity index (χ0) is 21.9. The zero-order valence-electron chi connectivity index (χ0n) is 20.9. The van der Waals surface area contributed by atoms with Crippen molar-refractivity contribution in [1.29, 1.82) is 0 Å². The number of rotatable bonds is 17. The van der Waals surface area contributed by atoms with E-state index in [9.17, 15) is 4.79 Å². The van der Waals surface area contributed by atoms with Gasteiger partial charge in [0.15, 0.2) is 0 Å². The van der Waals surface area contributed by atoms with Gasteiger partial charge in [-0.25, -0.2) is 0 Å². The smallest absolute Gasteiger partial charge is 0.306 e. The lowest BCUT2D eigenvalue weighted by Gasteiger charge is -2.41. The van der Waals surface area contributed by atoms with Crippen LogP contribution in [0.3, 0.4) is 0 Å². The minimum atomic E-state index is 0.0524. The number of esters is 1. The highest BCUT2D eigenvalue weighted by molar-refractivity contribution is 5.69. The van der Waals surface area contributed by atoms with Gasteiger partial charge in [-0.3, -0.25) is 4.79 Å². The summed E-state index contributed by atoms with van der Waals surface area (Å²) in [6, 6.07) is 0. The average Bonchev–Trinajstić information content (AvgIpc) is 3.19. The van der Waals surface area contributed by atoms with E-state index in [1.807, 2.05) is 0 Å². The molecule has 2 rings (SSSR count). The molecule has 2 heteroatoms. The summed E-state index contributed by atoms with van der Waals surface area (Å²) in [7, 11) is 0. The van der Waals surface area contributed by atoms with Gasteiger partial charge in [-0.05, 0) is 31.6 Å². The summed E-state index contributed by atoms with van der Waals surface area (Å²) < 4.78 is 6.04. The molecule has 0 aromatic carbocycles. The Morgan fingerprint density at radius 3 is 1.67 bits per heavy atom. The van der Waals surface area contributed by atoms with Crippen LogP contribution in [-0.4, -0.2) is 12.1 Å².